The summed E-state index contributed by atoms with van der Waals surface area (Å²) in [5.41, 5.74) is 2.76. The summed E-state index contributed by atoms with van der Waals surface area (Å²) in [5, 5.41) is 5.22. The lowest BCUT2D eigenvalue weighted by Gasteiger charge is -2.02. The maximum absolute atomic E-state index is 12.0. The van der Waals surface area contributed by atoms with E-state index >= 15 is 0 Å². The van der Waals surface area contributed by atoms with Crippen LogP contribution in [0.1, 0.15) is 6.42 Å². The minimum atomic E-state index is -0.0577. The molecule has 0 unspecified atom stereocenters. The van der Waals surface area contributed by atoms with Gasteiger partial charge in [-0.1, -0.05) is 42.1 Å². The summed E-state index contributed by atoms with van der Waals surface area (Å²) in [7, 11) is 0. The van der Waals surface area contributed by atoms with E-state index in [4.69, 9.17) is 0 Å². The highest BCUT2D eigenvalue weighted by Gasteiger charge is 2.07. The number of nitrogens with zero attached hydrogens (tertiary/aromatic N) is 4. The summed E-state index contributed by atoms with van der Waals surface area (Å²) < 4.78 is 3.55. The first-order chi connectivity index (χ1) is 12.3. The molecule has 2 aromatic carbocycles. The molecule has 0 saturated carbocycles. The van der Waals surface area contributed by atoms with Crippen molar-refractivity contribution in [3.63, 3.8) is 0 Å². The summed E-state index contributed by atoms with van der Waals surface area (Å²) in [5.74, 6) is 0.852. The maximum Gasteiger partial charge on any atom is 0.326 e. The molecule has 6 nitrogen and oxygen atoms in total. The van der Waals surface area contributed by atoms with Gasteiger partial charge in [0, 0.05) is 12.3 Å². The van der Waals surface area contributed by atoms with Crippen molar-refractivity contribution in [2.24, 2.45) is 0 Å². The zero-order valence-corrected chi connectivity index (χ0v) is 14.3. The molecule has 0 fully saturated rings. The second kappa shape index (κ2) is 6.98. The molecule has 0 amide bonds. The van der Waals surface area contributed by atoms with Crippen molar-refractivity contribution in [3.05, 3.63) is 71.4 Å². The SMILES string of the molecule is O=c1[nH]c2ccccc2n1CCCSc1ncn(-c2ccccc2)n1. The number of aromatic amines is 1. The van der Waals surface area contributed by atoms with Gasteiger partial charge in [-0.2, -0.15) is 0 Å². The average molecular weight is 351 g/mol. The second-order valence-electron chi connectivity index (χ2n) is 5.61. The Morgan fingerprint density at radius 1 is 1.04 bits per heavy atom. The lowest BCUT2D eigenvalue weighted by Crippen LogP contribution is -2.17. The lowest BCUT2D eigenvalue weighted by atomic mass is 10.3. The number of aryl methyl sites for hydroxylation is 1. The molecule has 4 rings (SSSR count). The molecular formula is C18H17N5OS. The number of thioether (sulfide) groups is 1. The van der Waals surface area contributed by atoms with Crippen LogP contribution in [0.25, 0.3) is 16.7 Å². The highest BCUT2D eigenvalue weighted by Crippen LogP contribution is 2.16. The molecule has 0 radical (unpaired) electrons. The van der Waals surface area contributed by atoms with E-state index in [1.807, 2.05) is 54.6 Å². The van der Waals surface area contributed by atoms with Crippen LogP contribution in [0, 0.1) is 0 Å². The van der Waals surface area contributed by atoms with Gasteiger partial charge in [0.05, 0.1) is 16.7 Å². The molecular weight excluding hydrogens is 334 g/mol. The van der Waals surface area contributed by atoms with Gasteiger partial charge in [0.1, 0.15) is 6.33 Å². The fraction of sp³-hybridized carbons (Fsp3) is 0.167. The number of para-hydroxylation sites is 3. The van der Waals surface area contributed by atoms with E-state index in [2.05, 4.69) is 15.1 Å². The van der Waals surface area contributed by atoms with Gasteiger partial charge in [0.15, 0.2) is 0 Å². The second-order valence-corrected chi connectivity index (χ2v) is 6.67. The van der Waals surface area contributed by atoms with Crippen LogP contribution in [0.4, 0.5) is 0 Å². The van der Waals surface area contributed by atoms with Crippen LogP contribution < -0.4 is 5.69 Å². The van der Waals surface area contributed by atoms with E-state index in [0.717, 1.165) is 34.1 Å². The minimum absolute atomic E-state index is 0.0577. The van der Waals surface area contributed by atoms with Crippen LogP contribution >= 0.6 is 11.8 Å². The first kappa shape index (κ1) is 15.7. The Balaban J connectivity index is 1.36. The van der Waals surface area contributed by atoms with Crippen molar-refractivity contribution in [2.75, 3.05) is 5.75 Å². The predicted octanol–water partition coefficient (Wildman–Crippen LogP) is 3.09. The molecule has 7 heteroatoms. The van der Waals surface area contributed by atoms with Gasteiger partial charge < -0.3 is 4.98 Å². The normalized spacial score (nSPS) is 11.2. The van der Waals surface area contributed by atoms with Gasteiger partial charge in [0.25, 0.3) is 0 Å². The van der Waals surface area contributed by atoms with Gasteiger partial charge in [-0.25, -0.2) is 14.5 Å². The Morgan fingerprint density at radius 2 is 1.84 bits per heavy atom. The van der Waals surface area contributed by atoms with E-state index in [-0.39, 0.29) is 5.69 Å². The number of hydrogen-bond donors (Lipinski definition) is 1. The van der Waals surface area contributed by atoms with Crippen molar-refractivity contribution in [3.8, 4) is 5.69 Å². The summed E-state index contributed by atoms with van der Waals surface area (Å²) in [6, 6.07) is 17.7. The third-order valence-corrected chi connectivity index (χ3v) is 4.87. The number of fused-ring (bicyclic) bond motifs is 1. The number of rotatable bonds is 6. The first-order valence-corrected chi connectivity index (χ1v) is 9.07. The summed E-state index contributed by atoms with van der Waals surface area (Å²) in [4.78, 5) is 19.3. The van der Waals surface area contributed by atoms with Gasteiger partial charge in [-0.05, 0) is 30.7 Å². The van der Waals surface area contributed by atoms with Crippen LogP contribution in [0.5, 0.6) is 0 Å². The molecule has 0 bridgehead atoms. The molecule has 0 atom stereocenters. The third-order valence-electron chi connectivity index (χ3n) is 3.93. The summed E-state index contributed by atoms with van der Waals surface area (Å²) >= 11 is 1.60. The van der Waals surface area contributed by atoms with Gasteiger partial charge in [-0.15, -0.1) is 5.10 Å². The molecule has 0 saturated heterocycles. The zero-order valence-electron chi connectivity index (χ0n) is 13.5. The molecule has 2 heterocycles. The quantitative estimate of drug-likeness (QED) is 0.428. The molecule has 0 spiro atoms. The van der Waals surface area contributed by atoms with Crippen molar-refractivity contribution in [2.45, 2.75) is 18.1 Å². The minimum Gasteiger partial charge on any atom is -0.306 e. The number of H-pyrrole nitrogens is 1. The maximum atomic E-state index is 12.0. The van der Waals surface area contributed by atoms with Gasteiger partial charge in [-0.3, -0.25) is 4.57 Å². The largest absolute Gasteiger partial charge is 0.326 e. The molecule has 0 aliphatic carbocycles. The lowest BCUT2D eigenvalue weighted by molar-refractivity contribution is 0.679. The Bertz CT molecular complexity index is 1030. The topological polar surface area (TPSA) is 68.5 Å². The molecule has 0 aliphatic rings. The monoisotopic (exact) mass is 351 g/mol. The Kier molecular flexibility index (Phi) is 4.39. The van der Waals surface area contributed by atoms with Crippen molar-refractivity contribution >= 4 is 22.8 Å². The molecule has 2 aromatic heterocycles. The highest BCUT2D eigenvalue weighted by molar-refractivity contribution is 7.99. The Labute approximate surface area is 148 Å². The molecule has 1 N–H and O–H groups in total. The van der Waals surface area contributed by atoms with E-state index in [1.54, 1.807) is 27.3 Å². The van der Waals surface area contributed by atoms with Crippen molar-refractivity contribution < 1.29 is 0 Å². The standard InChI is InChI=1S/C18H17N5OS/c24-18-20-15-9-4-5-10-16(15)22(18)11-6-12-25-17-19-13-23(21-17)14-7-2-1-3-8-14/h1-5,7-10,13H,6,11-12H2,(H,20,24). The average Bonchev–Trinajstić information content (AvgIpc) is 3.24. The number of aromatic nitrogens is 5. The fourth-order valence-corrected chi connectivity index (χ4v) is 3.46. The van der Waals surface area contributed by atoms with Gasteiger partial charge in [0.2, 0.25) is 5.16 Å². The fourth-order valence-electron chi connectivity index (χ4n) is 2.73. The molecule has 4 aromatic rings. The Morgan fingerprint density at radius 3 is 2.72 bits per heavy atom. The number of nitrogens with one attached hydrogen (secondary N) is 1. The molecule has 0 aliphatic heterocycles. The summed E-state index contributed by atoms with van der Waals surface area (Å²) in [6.07, 6.45) is 2.59. The van der Waals surface area contributed by atoms with Crippen LogP contribution in [0.2, 0.25) is 0 Å². The third kappa shape index (κ3) is 3.36. The van der Waals surface area contributed by atoms with Crippen molar-refractivity contribution in [1.29, 1.82) is 0 Å². The van der Waals surface area contributed by atoms with Crippen LogP contribution in [-0.2, 0) is 6.54 Å². The van der Waals surface area contributed by atoms with E-state index in [0.29, 0.717) is 6.54 Å². The number of benzene rings is 2. The number of hydrogen-bond acceptors (Lipinski definition) is 4. The smallest absolute Gasteiger partial charge is 0.306 e. The van der Waals surface area contributed by atoms with Gasteiger partial charge >= 0.3 is 5.69 Å². The molecule has 126 valence electrons. The highest BCUT2D eigenvalue weighted by atomic mass is 32.2. The number of imidazole rings is 1. The van der Waals surface area contributed by atoms with Crippen LogP contribution in [-0.4, -0.2) is 30.1 Å². The summed E-state index contributed by atoms with van der Waals surface area (Å²) in [6.45, 7) is 0.676. The van der Waals surface area contributed by atoms with E-state index < -0.39 is 0 Å². The van der Waals surface area contributed by atoms with Crippen LogP contribution in [0.15, 0.2) is 70.9 Å². The Hall–Kier alpha value is -2.80. The first-order valence-electron chi connectivity index (χ1n) is 8.09. The zero-order chi connectivity index (χ0) is 17.1. The predicted molar refractivity (Wildman–Crippen MR) is 99.3 cm³/mol. The van der Waals surface area contributed by atoms with E-state index in [1.165, 1.54) is 0 Å². The molecule has 25 heavy (non-hydrogen) atoms. The van der Waals surface area contributed by atoms with Crippen molar-refractivity contribution in [1.82, 2.24) is 24.3 Å². The van der Waals surface area contributed by atoms with E-state index in [9.17, 15) is 4.79 Å². The van der Waals surface area contributed by atoms with Crippen LogP contribution in [0.3, 0.4) is 0 Å².